The van der Waals surface area contributed by atoms with Gasteiger partial charge in [0.15, 0.2) is 0 Å². The molecule has 0 aliphatic carbocycles. The van der Waals surface area contributed by atoms with Crippen molar-refractivity contribution in [3.8, 4) is 11.6 Å². The molecule has 1 aliphatic rings. The molecule has 1 saturated heterocycles. The molecule has 0 radical (unpaired) electrons. The Bertz CT molecular complexity index is 969. The van der Waals surface area contributed by atoms with Crippen LogP contribution in [0.3, 0.4) is 0 Å². The highest BCUT2D eigenvalue weighted by molar-refractivity contribution is 6.30. The Morgan fingerprint density at radius 1 is 1.19 bits per heavy atom. The normalized spacial score (nSPS) is 14.1. The Morgan fingerprint density at radius 2 is 2.00 bits per heavy atom. The zero-order chi connectivity index (χ0) is 18.8. The molecular weight excluding hydrogens is 364 g/mol. The number of halogens is 1. The smallest absolute Gasteiger partial charge is 0.258 e. The number of hydrogen-bond acceptors (Lipinski definition) is 4. The summed E-state index contributed by atoms with van der Waals surface area (Å²) in [6.45, 7) is 3.44. The van der Waals surface area contributed by atoms with Gasteiger partial charge < -0.3 is 14.4 Å². The predicted octanol–water partition coefficient (Wildman–Crippen LogP) is 4.19. The van der Waals surface area contributed by atoms with E-state index in [1.807, 2.05) is 43.3 Å². The van der Waals surface area contributed by atoms with Gasteiger partial charge in [0, 0.05) is 12.3 Å². The Kier molecular flexibility index (Phi) is 4.86. The van der Waals surface area contributed by atoms with Crippen molar-refractivity contribution in [3.63, 3.8) is 0 Å². The maximum atomic E-state index is 13.1. The van der Waals surface area contributed by atoms with Gasteiger partial charge in [-0.3, -0.25) is 4.79 Å². The van der Waals surface area contributed by atoms with Crippen molar-refractivity contribution in [3.05, 3.63) is 65.3 Å². The third kappa shape index (κ3) is 3.55. The second-order valence-electron chi connectivity index (χ2n) is 6.36. The van der Waals surface area contributed by atoms with Gasteiger partial charge in [0.05, 0.1) is 30.3 Å². The fourth-order valence-corrected chi connectivity index (χ4v) is 3.30. The highest BCUT2D eigenvalue weighted by Crippen LogP contribution is 2.31. The van der Waals surface area contributed by atoms with Crippen LogP contribution >= 0.6 is 11.6 Å². The van der Waals surface area contributed by atoms with Gasteiger partial charge in [0.1, 0.15) is 11.9 Å². The van der Waals surface area contributed by atoms with Crippen LogP contribution in [-0.4, -0.2) is 41.6 Å². The van der Waals surface area contributed by atoms with Gasteiger partial charge in [-0.05, 0) is 29.8 Å². The molecule has 2 aromatic carbocycles. The number of nitrogens with zero attached hydrogens (tertiary/aromatic N) is 2. The summed E-state index contributed by atoms with van der Waals surface area (Å²) >= 11 is 5.83. The van der Waals surface area contributed by atoms with Crippen LogP contribution in [0.15, 0.2) is 54.7 Å². The monoisotopic (exact) mass is 382 g/mol. The molecule has 3 aromatic rings. The van der Waals surface area contributed by atoms with Crippen LogP contribution in [0.4, 0.5) is 0 Å². The van der Waals surface area contributed by atoms with E-state index in [9.17, 15) is 4.79 Å². The number of pyridine rings is 1. The Labute approximate surface area is 162 Å². The third-order valence-corrected chi connectivity index (χ3v) is 4.75. The first kappa shape index (κ1) is 17.6. The minimum Gasteiger partial charge on any atom is -0.493 e. The SMILES string of the molecule is CCOc1ccc2ccccc2c1C(=O)N1CC(Oc2ccc(Cl)cn2)C1. The third-order valence-electron chi connectivity index (χ3n) is 4.53. The van der Waals surface area contributed by atoms with Crippen LogP contribution < -0.4 is 9.47 Å². The van der Waals surface area contributed by atoms with E-state index < -0.39 is 0 Å². The molecule has 0 saturated carbocycles. The summed E-state index contributed by atoms with van der Waals surface area (Å²) in [5.41, 5.74) is 0.609. The van der Waals surface area contributed by atoms with Crippen LogP contribution in [0.2, 0.25) is 5.02 Å². The molecule has 1 aliphatic heterocycles. The lowest BCUT2D eigenvalue weighted by Gasteiger charge is -2.39. The molecule has 0 bridgehead atoms. The molecule has 0 unspecified atom stereocenters. The van der Waals surface area contributed by atoms with E-state index >= 15 is 0 Å². The Morgan fingerprint density at radius 3 is 2.74 bits per heavy atom. The summed E-state index contributed by atoms with van der Waals surface area (Å²) < 4.78 is 11.5. The number of hydrogen-bond donors (Lipinski definition) is 0. The van der Waals surface area contributed by atoms with Crippen molar-refractivity contribution in [2.45, 2.75) is 13.0 Å². The van der Waals surface area contributed by atoms with Crippen molar-refractivity contribution in [2.24, 2.45) is 0 Å². The first-order valence-electron chi connectivity index (χ1n) is 8.87. The van der Waals surface area contributed by atoms with E-state index in [0.29, 0.717) is 41.9 Å². The lowest BCUT2D eigenvalue weighted by atomic mass is 10.0. The van der Waals surface area contributed by atoms with Crippen LogP contribution in [0.5, 0.6) is 11.6 Å². The fraction of sp³-hybridized carbons (Fsp3) is 0.238. The molecule has 0 atom stereocenters. The molecule has 138 valence electrons. The lowest BCUT2D eigenvalue weighted by Crippen LogP contribution is -2.56. The number of likely N-dealkylation sites (tertiary alicyclic amines) is 1. The zero-order valence-corrected chi connectivity index (χ0v) is 15.6. The summed E-state index contributed by atoms with van der Waals surface area (Å²) in [5, 5.41) is 2.48. The highest BCUT2D eigenvalue weighted by Gasteiger charge is 2.35. The highest BCUT2D eigenvalue weighted by atomic mass is 35.5. The lowest BCUT2D eigenvalue weighted by molar-refractivity contribution is 0.0159. The van der Waals surface area contributed by atoms with Gasteiger partial charge in [0.2, 0.25) is 5.88 Å². The van der Waals surface area contributed by atoms with E-state index in [1.165, 1.54) is 0 Å². The van der Waals surface area contributed by atoms with Gasteiger partial charge >= 0.3 is 0 Å². The van der Waals surface area contributed by atoms with Crippen molar-refractivity contribution in [1.82, 2.24) is 9.88 Å². The molecule has 1 fully saturated rings. The van der Waals surface area contributed by atoms with Crippen molar-refractivity contribution in [1.29, 1.82) is 0 Å². The van der Waals surface area contributed by atoms with Crippen LogP contribution in [-0.2, 0) is 0 Å². The quantitative estimate of drug-likeness (QED) is 0.664. The average molecular weight is 383 g/mol. The molecule has 6 heteroatoms. The van der Waals surface area contributed by atoms with E-state index in [4.69, 9.17) is 21.1 Å². The second kappa shape index (κ2) is 7.45. The van der Waals surface area contributed by atoms with Gasteiger partial charge in [-0.2, -0.15) is 0 Å². The summed E-state index contributed by atoms with van der Waals surface area (Å²) in [4.78, 5) is 19.0. The van der Waals surface area contributed by atoms with Gasteiger partial charge in [-0.1, -0.05) is 41.9 Å². The predicted molar refractivity (Wildman–Crippen MR) is 105 cm³/mol. The van der Waals surface area contributed by atoms with E-state index in [1.54, 1.807) is 23.2 Å². The number of carbonyl (C=O) groups excluding carboxylic acids is 1. The number of fused-ring (bicyclic) bond motifs is 1. The fourth-order valence-electron chi connectivity index (χ4n) is 3.19. The number of ether oxygens (including phenoxy) is 2. The largest absolute Gasteiger partial charge is 0.493 e. The number of carbonyl (C=O) groups is 1. The first-order valence-corrected chi connectivity index (χ1v) is 9.25. The Hall–Kier alpha value is -2.79. The molecule has 1 amide bonds. The average Bonchev–Trinajstić information content (AvgIpc) is 2.65. The maximum absolute atomic E-state index is 13.1. The topological polar surface area (TPSA) is 51.7 Å². The number of rotatable bonds is 5. The molecule has 4 rings (SSSR count). The van der Waals surface area contributed by atoms with E-state index in [-0.39, 0.29) is 12.0 Å². The molecule has 2 heterocycles. The molecule has 1 aromatic heterocycles. The second-order valence-corrected chi connectivity index (χ2v) is 6.79. The zero-order valence-electron chi connectivity index (χ0n) is 14.9. The summed E-state index contributed by atoms with van der Waals surface area (Å²) in [5.74, 6) is 1.08. The molecule has 0 N–H and O–H groups in total. The van der Waals surface area contributed by atoms with Crippen molar-refractivity contribution >= 4 is 28.3 Å². The first-order chi connectivity index (χ1) is 13.2. The van der Waals surface area contributed by atoms with Crippen molar-refractivity contribution in [2.75, 3.05) is 19.7 Å². The van der Waals surface area contributed by atoms with Gasteiger partial charge in [-0.25, -0.2) is 4.98 Å². The minimum atomic E-state index is -0.0758. The van der Waals surface area contributed by atoms with Crippen LogP contribution in [0, 0.1) is 0 Å². The molecule has 5 nitrogen and oxygen atoms in total. The summed E-state index contributed by atoms with van der Waals surface area (Å²) in [6.07, 6.45) is 1.47. The summed E-state index contributed by atoms with van der Waals surface area (Å²) in [7, 11) is 0. The Balaban J connectivity index is 1.52. The standard InChI is InChI=1S/C21H19ClN2O3/c1-2-26-18-9-7-14-5-3-4-6-17(14)20(18)21(25)24-12-16(13-24)27-19-10-8-15(22)11-23-19/h3-11,16H,2,12-13H2,1H3. The van der Waals surface area contributed by atoms with Gasteiger partial charge in [-0.15, -0.1) is 0 Å². The maximum Gasteiger partial charge on any atom is 0.258 e. The van der Waals surface area contributed by atoms with E-state index in [2.05, 4.69) is 4.98 Å². The van der Waals surface area contributed by atoms with Crippen molar-refractivity contribution < 1.29 is 14.3 Å². The number of benzene rings is 2. The van der Waals surface area contributed by atoms with E-state index in [0.717, 1.165) is 10.8 Å². The van der Waals surface area contributed by atoms with Crippen LogP contribution in [0.25, 0.3) is 10.8 Å². The molecular formula is C21H19ClN2O3. The summed E-state index contributed by atoms with van der Waals surface area (Å²) in [6, 6.07) is 15.1. The molecule has 27 heavy (non-hydrogen) atoms. The van der Waals surface area contributed by atoms with Crippen LogP contribution in [0.1, 0.15) is 17.3 Å². The number of aromatic nitrogens is 1. The minimum absolute atomic E-state index is 0.0424. The number of amides is 1. The van der Waals surface area contributed by atoms with Gasteiger partial charge in [0.25, 0.3) is 5.91 Å². The molecule has 0 spiro atoms.